The van der Waals surface area contributed by atoms with Gasteiger partial charge in [0.15, 0.2) is 0 Å². The molecule has 0 spiro atoms. The maximum absolute atomic E-state index is 12.6. The lowest BCUT2D eigenvalue weighted by Crippen LogP contribution is -2.14. The molecule has 0 N–H and O–H groups in total. The molecule has 0 aromatic heterocycles. The third-order valence-corrected chi connectivity index (χ3v) is 7.61. The van der Waals surface area contributed by atoms with Gasteiger partial charge in [0.1, 0.15) is 11.5 Å². The van der Waals surface area contributed by atoms with Crippen LogP contribution in [0.15, 0.2) is 118 Å². The first-order chi connectivity index (χ1) is 23.9. The molecule has 49 heavy (non-hydrogen) atoms. The molecule has 0 fully saturated rings. The van der Waals surface area contributed by atoms with Crippen LogP contribution in [0.3, 0.4) is 0 Å². The molecular weight excluding hydrogens is 618 g/mol. The van der Waals surface area contributed by atoms with Crippen LogP contribution in [0.1, 0.15) is 74.7 Å². The topological polar surface area (TPSA) is 135 Å². The highest BCUT2D eigenvalue weighted by atomic mass is 16.5. The van der Waals surface area contributed by atoms with E-state index in [1.807, 2.05) is 13.8 Å². The summed E-state index contributed by atoms with van der Waals surface area (Å²) in [6.07, 6.45) is 7.01. The molecule has 4 aromatic carbocycles. The Kier molecular flexibility index (Phi) is 14.6. The summed E-state index contributed by atoms with van der Waals surface area (Å²) in [5, 5.41) is 25.8. The minimum atomic E-state index is -0.466. The van der Waals surface area contributed by atoms with E-state index < -0.39 is 5.97 Å². The van der Waals surface area contributed by atoms with Crippen LogP contribution in [0, 0.1) is 17.2 Å². The summed E-state index contributed by atoms with van der Waals surface area (Å²) in [5.41, 5.74) is 3.55. The minimum Gasteiger partial charge on any atom is -0.494 e. The standard InChI is InChI=1S/C39H41N5O5/c1-3-29(2)38(45)48-27-9-7-5-4-6-8-26-47-36-22-12-31(13-23-36)39(46)49-37-24-20-35(21-25-37)44-43-34-18-16-33(17-19-34)42-41-32-14-10-30(28-40)11-15-32/h10-25,29H,3-9,26-27H2,1-2H3. The third-order valence-electron chi connectivity index (χ3n) is 7.61. The summed E-state index contributed by atoms with van der Waals surface area (Å²) in [7, 11) is 0. The highest BCUT2D eigenvalue weighted by molar-refractivity contribution is 5.91. The predicted octanol–water partition coefficient (Wildman–Crippen LogP) is 10.9. The van der Waals surface area contributed by atoms with Gasteiger partial charge < -0.3 is 14.2 Å². The van der Waals surface area contributed by atoms with Gasteiger partial charge in [-0.25, -0.2) is 4.79 Å². The van der Waals surface area contributed by atoms with Crippen LogP contribution < -0.4 is 9.47 Å². The van der Waals surface area contributed by atoms with Crippen molar-refractivity contribution in [2.45, 2.75) is 58.8 Å². The maximum Gasteiger partial charge on any atom is 0.343 e. The number of rotatable bonds is 18. The van der Waals surface area contributed by atoms with Gasteiger partial charge in [0.2, 0.25) is 0 Å². The molecule has 10 heteroatoms. The Labute approximate surface area is 287 Å². The summed E-state index contributed by atoms with van der Waals surface area (Å²) in [6, 6.07) is 29.7. The zero-order valence-corrected chi connectivity index (χ0v) is 28.0. The van der Waals surface area contributed by atoms with Crippen molar-refractivity contribution in [3.8, 4) is 17.6 Å². The second-order valence-electron chi connectivity index (χ2n) is 11.4. The Morgan fingerprint density at radius 2 is 1.08 bits per heavy atom. The molecule has 0 bridgehead atoms. The van der Waals surface area contributed by atoms with E-state index in [1.165, 1.54) is 0 Å². The summed E-state index contributed by atoms with van der Waals surface area (Å²) in [5.74, 6) is 0.516. The lowest BCUT2D eigenvalue weighted by Gasteiger charge is -2.09. The van der Waals surface area contributed by atoms with Crippen LogP contribution in [-0.4, -0.2) is 25.2 Å². The van der Waals surface area contributed by atoms with Gasteiger partial charge in [-0.1, -0.05) is 39.5 Å². The van der Waals surface area contributed by atoms with Gasteiger partial charge in [0.05, 0.1) is 59.1 Å². The number of esters is 2. The fraction of sp³-hybridized carbons (Fsp3) is 0.308. The monoisotopic (exact) mass is 659 g/mol. The number of ether oxygens (including phenoxy) is 3. The quantitative estimate of drug-likeness (QED) is 0.0451. The predicted molar refractivity (Wildman–Crippen MR) is 187 cm³/mol. The van der Waals surface area contributed by atoms with Crippen molar-refractivity contribution in [1.29, 1.82) is 5.26 Å². The number of nitriles is 1. The largest absolute Gasteiger partial charge is 0.494 e. The van der Waals surface area contributed by atoms with Crippen molar-refractivity contribution >= 4 is 34.7 Å². The Bertz CT molecular complexity index is 1710. The highest BCUT2D eigenvalue weighted by Crippen LogP contribution is 2.25. The Morgan fingerprint density at radius 3 is 1.59 bits per heavy atom. The number of carbonyl (C=O) groups excluding carboxylic acids is 2. The van der Waals surface area contributed by atoms with E-state index in [4.69, 9.17) is 19.5 Å². The molecule has 1 atom stereocenters. The van der Waals surface area contributed by atoms with Crippen molar-refractivity contribution in [3.05, 3.63) is 108 Å². The van der Waals surface area contributed by atoms with Crippen LogP contribution in [-0.2, 0) is 9.53 Å². The van der Waals surface area contributed by atoms with E-state index in [2.05, 4.69) is 26.5 Å². The number of azo groups is 2. The van der Waals surface area contributed by atoms with Gasteiger partial charge in [-0.3, -0.25) is 4.79 Å². The summed E-state index contributed by atoms with van der Waals surface area (Å²) in [4.78, 5) is 24.3. The van der Waals surface area contributed by atoms with E-state index >= 15 is 0 Å². The lowest BCUT2D eigenvalue weighted by atomic mass is 10.1. The Morgan fingerprint density at radius 1 is 0.633 bits per heavy atom. The first-order valence-corrected chi connectivity index (χ1v) is 16.6. The number of carbonyl (C=O) groups is 2. The van der Waals surface area contributed by atoms with Crippen LogP contribution in [0.2, 0.25) is 0 Å². The average molecular weight is 660 g/mol. The number of hydrogen-bond donors (Lipinski definition) is 0. The summed E-state index contributed by atoms with van der Waals surface area (Å²) < 4.78 is 16.6. The zero-order valence-electron chi connectivity index (χ0n) is 28.0. The van der Waals surface area contributed by atoms with E-state index in [-0.39, 0.29) is 11.9 Å². The molecule has 10 nitrogen and oxygen atoms in total. The first-order valence-electron chi connectivity index (χ1n) is 16.6. The number of unbranched alkanes of at least 4 members (excludes halogenated alkanes) is 5. The van der Waals surface area contributed by atoms with Gasteiger partial charge in [-0.15, -0.1) is 0 Å². The molecule has 252 valence electrons. The van der Waals surface area contributed by atoms with E-state index in [1.54, 1.807) is 97.1 Å². The smallest absolute Gasteiger partial charge is 0.343 e. The molecule has 0 heterocycles. The van der Waals surface area contributed by atoms with Crippen molar-refractivity contribution in [2.75, 3.05) is 13.2 Å². The van der Waals surface area contributed by atoms with Gasteiger partial charge in [0, 0.05) is 0 Å². The molecule has 0 aliphatic heterocycles. The summed E-state index contributed by atoms with van der Waals surface area (Å²) in [6.45, 7) is 5.00. The van der Waals surface area contributed by atoms with Gasteiger partial charge in [0.25, 0.3) is 0 Å². The molecule has 4 rings (SSSR count). The Hall–Kier alpha value is -5.69. The van der Waals surface area contributed by atoms with Crippen LogP contribution in [0.25, 0.3) is 0 Å². The van der Waals surface area contributed by atoms with Gasteiger partial charge in [-0.2, -0.15) is 25.7 Å². The van der Waals surface area contributed by atoms with E-state index in [9.17, 15) is 9.59 Å². The molecule has 1 unspecified atom stereocenters. The molecular formula is C39H41N5O5. The van der Waals surface area contributed by atoms with Crippen molar-refractivity contribution in [3.63, 3.8) is 0 Å². The van der Waals surface area contributed by atoms with Crippen molar-refractivity contribution in [2.24, 2.45) is 26.4 Å². The number of nitrogens with zero attached hydrogens (tertiary/aromatic N) is 5. The van der Waals surface area contributed by atoms with Crippen LogP contribution >= 0.6 is 0 Å². The molecule has 4 aromatic rings. The minimum absolute atomic E-state index is 0.0223. The normalized spacial score (nSPS) is 11.7. The number of hydrogen-bond acceptors (Lipinski definition) is 10. The lowest BCUT2D eigenvalue weighted by molar-refractivity contribution is -0.148. The van der Waals surface area contributed by atoms with Gasteiger partial charge >= 0.3 is 11.9 Å². The third kappa shape index (κ3) is 12.8. The van der Waals surface area contributed by atoms with Crippen LogP contribution in [0.5, 0.6) is 11.5 Å². The van der Waals surface area contributed by atoms with E-state index in [0.29, 0.717) is 58.6 Å². The second-order valence-corrected chi connectivity index (χ2v) is 11.4. The number of benzene rings is 4. The average Bonchev–Trinajstić information content (AvgIpc) is 3.14. The van der Waals surface area contributed by atoms with E-state index in [0.717, 1.165) is 44.9 Å². The molecule has 0 aliphatic rings. The maximum atomic E-state index is 12.6. The fourth-order valence-electron chi connectivity index (χ4n) is 4.44. The molecule has 0 radical (unpaired) electrons. The first kappa shape index (κ1) is 36.2. The summed E-state index contributed by atoms with van der Waals surface area (Å²) >= 11 is 0. The molecule has 0 amide bonds. The van der Waals surface area contributed by atoms with Crippen molar-refractivity contribution < 1.29 is 23.8 Å². The van der Waals surface area contributed by atoms with Gasteiger partial charge in [-0.05, 0) is 116 Å². The second kappa shape index (κ2) is 19.9. The SMILES string of the molecule is CCC(C)C(=O)OCCCCCCCCOc1ccc(C(=O)Oc2ccc(N=Nc3ccc(N=Nc4ccc(C#N)cc4)cc3)cc2)cc1. The van der Waals surface area contributed by atoms with Crippen LogP contribution in [0.4, 0.5) is 22.7 Å². The molecule has 0 aliphatic carbocycles. The molecule has 0 saturated carbocycles. The fourth-order valence-corrected chi connectivity index (χ4v) is 4.44. The highest BCUT2D eigenvalue weighted by Gasteiger charge is 2.11. The Balaban J connectivity index is 1.12. The molecule has 0 saturated heterocycles. The zero-order chi connectivity index (χ0) is 34.7. The van der Waals surface area contributed by atoms with Crippen molar-refractivity contribution in [1.82, 2.24) is 0 Å².